The Balaban J connectivity index is 1.60. The van der Waals surface area contributed by atoms with Crippen LogP contribution in [0.15, 0.2) is 24.5 Å². The third-order valence-corrected chi connectivity index (χ3v) is 4.74. The first-order valence-electron chi connectivity index (χ1n) is 8.22. The Bertz CT molecular complexity index is 488. The molecular formula is C17H25N3O2. The van der Waals surface area contributed by atoms with Gasteiger partial charge in [0, 0.05) is 64.2 Å². The van der Waals surface area contributed by atoms with Crippen LogP contribution in [0, 0.1) is 0 Å². The van der Waals surface area contributed by atoms with Crippen molar-refractivity contribution < 1.29 is 9.53 Å². The summed E-state index contributed by atoms with van der Waals surface area (Å²) in [5, 5.41) is 0. The fraction of sp³-hybridized carbons (Fsp3) is 0.647. The van der Waals surface area contributed by atoms with Crippen LogP contribution >= 0.6 is 0 Å². The predicted octanol–water partition coefficient (Wildman–Crippen LogP) is 1.68. The number of aromatic nitrogens is 1. The van der Waals surface area contributed by atoms with Crippen LogP contribution in [0.4, 0.5) is 0 Å². The Hall–Kier alpha value is -1.46. The van der Waals surface area contributed by atoms with Crippen LogP contribution in [0.3, 0.4) is 0 Å². The number of ether oxygens (including phenoxy) is 1. The van der Waals surface area contributed by atoms with Gasteiger partial charge in [-0.1, -0.05) is 0 Å². The second-order valence-electron chi connectivity index (χ2n) is 6.30. The summed E-state index contributed by atoms with van der Waals surface area (Å²) in [6, 6.07) is 4.84. The minimum atomic E-state index is 0.211. The van der Waals surface area contributed by atoms with Gasteiger partial charge in [-0.3, -0.25) is 14.7 Å². The molecule has 0 N–H and O–H groups in total. The fourth-order valence-corrected chi connectivity index (χ4v) is 3.70. The molecule has 0 radical (unpaired) electrons. The largest absolute Gasteiger partial charge is 0.381 e. The lowest BCUT2D eigenvalue weighted by Gasteiger charge is -2.38. The van der Waals surface area contributed by atoms with Crippen molar-refractivity contribution in [1.82, 2.24) is 14.8 Å². The molecule has 22 heavy (non-hydrogen) atoms. The first-order chi connectivity index (χ1) is 10.7. The second-order valence-corrected chi connectivity index (χ2v) is 6.30. The van der Waals surface area contributed by atoms with Crippen molar-refractivity contribution in [1.29, 1.82) is 0 Å². The average molecular weight is 303 g/mol. The van der Waals surface area contributed by atoms with Crippen LogP contribution < -0.4 is 0 Å². The highest BCUT2D eigenvalue weighted by atomic mass is 16.5. The Morgan fingerprint density at radius 2 is 2.00 bits per heavy atom. The molecule has 1 atom stereocenters. The second kappa shape index (κ2) is 7.20. The summed E-state index contributed by atoms with van der Waals surface area (Å²) in [4.78, 5) is 20.8. The average Bonchev–Trinajstić information content (AvgIpc) is 2.97. The Morgan fingerprint density at radius 3 is 2.68 bits per heavy atom. The summed E-state index contributed by atoms with van der Waals surface area (Å²) in [6.45, 7) is 6.24. The summed E-state index contributed by atoms with van der Waals surface area (Å²) < 4.78 is 5.44. The van der Waals surface area contributed by atoms with Crippen LogP contribution in [0.25, 0.3) is 0 Å². The van der Waals surface area contributed by atoms with E-state index in [0.717, 1.165) is 52.1 Å². The van der Waals surface area contributed by atoms with E-state index in [0.29, 0.717) is 12.1 Å². The molecule has 3 heterocycles. The van der Waals surface area contributed by atoms with E-state index in [2.05, 4.69) is 26.9 Å². The first-order valence-corrected chi connectivity index (χ1v) is 8.22. The summed E-state index contributed by atoms with van der Waals surface area (Å²) in [6.07, 6.45) is 6.70. The van der Waals surface area contributed by atoms with Gasteiger partial charge in [0.15, 0.2) is 0 Å². The van der Waals surface area contributed by atoms with Crippen molar-refractivity contribution in [2.45, 2.75) is 44.8 Å². The number of nitrogens with zero attached hydrogens (tertiary/aromatic N) is 3. The molecule has 2 aliphatic heterocycles. The van der Waals surface area contributed by atoms with Gasteiger partial charge in [-0.05, 0) is 37.0 Å². The summed E-state index contributed by atoms with van der Waals surface area (Å²) in [5.74, 6) is 0.211. The van der Waals surface area contributed by atoms with Gasteiger partial charge in [-0.15, -0.1) is 0 Å². The molecule has 2 aliphatic rings. The number of carbonyl (C=O) groups excluding carboxylic acids is 1. The number of rotatable bonds is 4. The zero-order valence-electron chi connectivity index (χ0n) is 13.3. The SMILES string of the molecule is CC(=O)N(C1CCOCC1)C1CCN(Cc2ccncc2)C1. The van der Waals surface area contributed by atoms with E-state index < -0.39 is 0 Å². The zero-order valence-corrected chi connectivity index (χ0v) is 13.3. The maximum Gasteiger partial charge on any atom is 0.219 e. The quantitative estimate of drug-likeness (QED) is 0.849. The molecule has 2 fully saturated rings. The zero-order chi connectivity index (χ0) is 15.4. The summed E-state index contributed by atoms with van der Waals surface area (Å²) >= 11 is 0. The van der Waals surface area contributed by atoms with E-state index in [1.807, 2.05) is 12.4 Å². The molecule has 0 saturated carbocycles. The van der Waals surface area contributed by atoms with Gasteiger partial charge in [0.1, 0.15) is 0 Å². The van der Waals surface area contributed by atoms with Crippen molar-refractivity contribution >= 4 is 5.91 Å². The molecule has 1 aromatic heterocycles. The van der Waals surface area contributed by atoms with Crippen molar-refractivity contribution in [2.75, 3.05) is 26.3 Å². The molecule has 1 aromatic rings. The molecule has 0 spiro atoms. The maximum absolute atomic E-state index is 12.2. The monoisotopic (exact) mass is 303 g/mol. The van der Waals surface area contributed by atoms with Gasteiger partial charge in [-0.25, -0.2) is 0 Å². The van der Waals surface area contributed by atoms with Crippen LogP contribution in [0.1, 0.15) is 31.7 Å². The van der Waals surface area contributed by atoms with E-state index in [1.165, 1.54) is 5.56 Å². The Kier molecular flexibility index (Phi) is 5.05. The molecule has 0 bridgehead atoms. The molecule has 5 nitrogen and oxygen atoms in total. The van der Waals surface area contributed by atoms with E-state index >= 15 is 0 Å². The van der Waals surface area contributed by atoms with Gasteiger partial charge in [-0.2, -0.15) is 0 Å². The number of likely N-dealkylation sites (tertiary alicyclic amines) is 1. The minimum absolute atomic E-state index is 0.211. The van der Waals surface area contributed by atoms with E-state index in [4.69, 9.17) is 4.74 Å². The summed E-state index contributed by atoms with van der Waals surface area (Å²) in [5.41, 5.74) is 1.29. The lowest BCUT2D eigenvalue weighted by molar-refractivity contribution is -0.135. The van der Waals surface area contributed by atoms with Gasteiger partial charge in [0.25, 0.3) is 0 Å². The van der Waals surface area contributed by atoms with Crippen molar-refractivity contribution in [3.8, 4) is 0 Å². The smallest absolute Gasteiger partial charge is 0.219 e. The molecule has 3 rings (SSSR count). The first kappa shape index (κ1) is 15.4. The van der Waals surface area contributed by atoms with Gasteiger partial charge < -0.3 is 9.64 Å². The number of carbonyl (C=O) groups is 1. The molecule has 0 aliphatic carbocycles. The predicted molar refractivity (Wildman–Crippen MR) is 84.3 cm³/mol. The molecule has 1 amide bonds. The van der Waals surface area contributed by atoms with Gasteiger partial charge in [0.05, 0.1) is 0 Å². The fourth-order valence-electron chi connectivity index (χ4n) is 3.70. The van der Waals surface area contributed by atoms with E-state index in [-0.39, 0.29) is 5.91 Å². The molecular weight excluding hydrogens is 278 g/mol. The Labute approximate surface area is 132 Å². The standard InChI is InChI=1S/C17H25N3O2/c1-14(21)20(16-5-10-22-11-6-16)17-4-9-19(13-17)12-15-2-7-18-8-3-15/h2-3,7-8,16-17H,4-6,9-13H2,1H3. The van der Waals surface area contributed by atoms with E-state index in [9.17, 15) is 4.79 Å². The molecule has 1 unspecified atom stereocenters. The normalized spacial score (nSPS) is 23.6. The summed E-state index contributed by atoms with van der Waals surface area (Å²) in [7, 11) is 0. The van der Waals surface area contributed by atoms with Gasteiger partial charge >= 0.3 is 0 Å². The van der Waals surface area contributed by atoms with Crippen LogP contribution in [0.5, 0.6) is 0 Å². The topological polar surface area (TPSA) is 45.7 Å². The highest BCUT2D eigenvalue weighted by Crippen LogP contribution is 2.24. The van der Waals surface area contributed by atoms with Gasteiger partial charge in [0.2, 0.25) is 5.91 Å². The highest BCUT2D eigenvalue weighted by molar-refractivity contribution is 5.74. The number of hydrogen-bond acceptors (Lipinski definition) is 4. The third-order valence-electron chi connectivity index (χ3n) is 4.74. The molecule has 5 heteroatoms. The van der Waals surface area contributed by atoms with Crippen LogP contribution in [-0.4, -0.2) is 59.1 Å². The lowest BCUT2D eigenvalue weighted by atomic mass is 10.0. The third kappa shape index (κ3) is 3.65. The molecule has 0 aromatic carbocycles. The Morgan fingerprint density at radius 1 is 1.27 bits per heavy atom. The maximum atomic E-state index is 12.2. The lowest BCUT2D eigenvalue weighted by Crippen LogP contribution is -2.49. The number of amides is 1. The highest BCUT2D eigenvalue weighted by Gasteiger charge is 2.34. The molecule has 2 saturated heterocycles. The van der Waals surface area contributed by atoms with Crippen molar-refractivity contribution in [3.05, 3.63) is 30.1 Å². The van der Waals surface area contributed by atoms with Crippen molar-refractivity contribution in [2.24, 2.45) is 0 Å². The number of hydrogen-bond donors (Lipinski definition) is 0. The molecule has 120 valence electrons. The van der Waals surface area contributed by atoms with Crippen LogP contribution in [-0.2, 0) is 16.1 Å². The van der Waals surface area contributed by atoms with E-state index in [1.54, 1.807) is 6.92 Å². The van der Waals surface area contributed by atoms with Crippen molar-refractivity contribution in [3.63, 3.8) is 0 Å². The van der Waals surface area contributed by atoms with Crippen LogP contribution in [0.2, 0.25) is 0 Å². The minimum Gasteiger partial charge on any atom is -0.381 e. The number of pyridine rings is 1.